The minimum absolute atomic E-state index is 0.116. The molecule has 1 aromatic carbocycles. The molecule has 0 bridgehead atoms. The van der Waals surface area contributed by atoms with E-state index in [1.165, 1.54) is 6.26 Å². The van der Waals surface area contributed by atoms with Gasteiger partial charge in [-0.2, -0.15) is 5.26 Å². The molecule has 0 amide bonds. The van der Waals surface area contributed by atoms with Gasteiger partial charge in [0, 0.05) is 6.26 Å². The Bertz CT molecular complexity index is 633. The number of ether oxygens (including phenoxy) is 1. The van der Waals surface area contributed by atoms with E-state index in [2.05, 4.69) is 13.0 Å². The molecule has 4 nitrogen and oxygen atoms in total. The molecule has 21 heavy (non-hydrogen) atoms. The van der Waals surface area contributed by atoms with Crippen LogP contribution in [0.25, 0.3) is 0 Å². The first-order valence-electron chi connectivity index (χ1n) is 7.30. The maximum absolute atomic E-state index is 11.6. The second kappa shape index (κ2) is 6.48. The summed E-state index contributed by atoms with van der Waals surface area (Å²) in [5.74, 6) is 0.993. The number of hydrogen-bond donors (Lipinski definition) is 0. The summed E-state index contributed by atoms with van der Waals surface area (Å²) in [5.41, 5.74) is 0. The van der Waals surface area contributed by atoms with Crippen LogP contribution in [0.3, 0.4) is 0 Å². The lowest BCUT2D eigenvalue weighted by Gasteiger charge is -2.32. The Morgan fingerprint density at radius 1 is 1.38 bits per heavy atom. The number of benzene rings is 1. The van der Waals surface area contributed by atoms with Crippen molar-refractivity contribution in [2.24, 2.45) is 11.8 Å². The molecule has 0 radical (unpaired) electrons. The summed E-state index contributed by atoms with van der Waals surface area (Å²) in [6.45, 7) is 2.15. The van der Waals surface area contributed by atoms with Crippen molar-refractivity contribution in [3.63, 3.8) is 0 Å². The van der Waals surface area contributed by atoms with E-state index in [-0.39, 0.29) is 16.9 Å². The van der Waals surface area contributed by atoms with Crippen molar-refractivity contribution >= 4 is 9.84 Å². The Hall–Kier alpha value is -1.54. The first-order valence-corrected chi connectivity index (χ1v) is 9.19. The lowest BCUT2D eigenvalue weighted by atomic mass is 9.79. The van der Waals surface area contributed by atoms with E-state index in [0.29, 0.717) is 11.7 Å². The second-order valence-electron chi connectivity index (χ2n) is 5.73. The van der Waals surface area contributed by atoms with Gasteiger partial charge in [0.15, 0.2) is 9.84 Å². The smallest absolute Gasteiger partial charge is 0.175 e. The normalized spacial score (nSPS) is 26.0. The fourth-order valence-electron chi connectivity index (χ4n) is 2.81. The average Bonchev–Trinajstić information content (AvgIpc) is 2.46. The largest absolute Gasteiger partial charge is 0.489 e. The summed E-state index contributed by atoms with van der Waals surface area (Å²) < 4.78 is 29.1. The molecule has 0 saturated heterocycles. The van der Waals surface area contributed by atoms with E-state index in [1.807, 2.05) is 0 Å². The molecule has 1 aromatic rings. The molecular weight excluding hydrogens is 286 g/mol. The number of nitrogens with zero attached hydrogens (tertiary/aromatic N) is 1. The standard InChI is InChI=1S/C16H21NO3S/c1-3-12-7-8-13(11-17)16(9-12)20-14-5-4-6-15(10-14)21(2,18)19/h4-6,10,12-13,16H,3,7-9H2,1-2H3. The molecule has 2 rings (SSSR count). The van der Waals surface area contributed by atoms with E-state index in [1.54, 1.807) is 24.3 Å². The number of nitriles is 1. The van der Waals surface area contributed by atoms with Crippen molar-refractivity contribution in [1.29, 1.82) is 5.26 Å². The van der Waals surface area contributed by atoms with Gasteiger partial charge in [-0.1, -0.05) is 19.4 Å². The molecule has 0 spiro atoms. The molecule has 1 saturated carbocycles. The molecule has 5 heteroatoms. The molecule has 1 aliphatic carbocycles. The topological polar surface area (TPSA) is 67.2 Å². The molecular formula is C16H21NO3S. The maximum Gasteiger partial charge on any atom is 0.175 e. The predicted octanol–water partition coefficient (Wildman–Crippen LogP) is 3.19. The highest BCUT2D eigenvalue weighted by Crippen LogP contribution is 2.33. The lowest BCUT2D eigenvalue weighted by Crippen LogP contribution is -2.33. The number of rotatable bonds is 4. The van der Waals surface area contributed by atoms with Gasteiger partial charge in [-0.15, -0.1) is 0 Å². The predicted molar refractivity (Wildman–Crippen MR) is 80.7 cm³/mol. The van der Waals surface area contributed by atoms with Crippen LogP contribution in [-0.4, -0.2) is 20.8 Å². The Labute approximate surface area is 126 Å². The van der Waals surface area contributed by atoms with E-state index < -0.39 is 9.84 Å². The Morgan fingerprint density at radius 2 is 2.14 bits per heavy atom. The monoisotopic (exact) mass is 307 g/mol. The highest BCUT2D eigenvalue weighted by atomic mass is 32.2. The van der Waals surface area contributed by atoms with Gasteiger partial charge < -0.3 is 4.74 Å². The minimum atomic E-state index is -3.25. The van der Waals surface area contributed by atoms with E-state index in [9.17, 15) is 13.7 Å². The summed E-state index contributed by atoms with van der Waals surface area (Å²) in [5, 5.41) is 9.26. The Balaban J connectivity index is 2.18. The maximum atomic E-state index is 11.6. The van der Waals surface area contributed by atoms with Crippen LogP contribution in [0.5, 0.6) is 5.75 Å². The van der Waals surface area contributed by atoms with Gasteiger partial charge in [-0.3, -0.25) is 0 Å². The van der Waals surface area contributed by atoms with E-state index in [0.717, 1.165) is 25.7 Å². The van der Waals surface area contributed by atoms with Crippen molar-refractivity contribution in [2.75, 3.05) is 6.26 Å². The van der Waals surface area contributed by atoms with Gasteiger partial charge in [0.05, 0.1) is 16.9 Å². The summed E-state index contributed by atoms with van der Waals surface area (Å²) in [4.78, 5) is 0.247. The molecule has 114 valence electrons. The zero-order valence-electron chi connectivity index (χ0n) is 12.5. The summed E-state index contributed by atoms with van der Waals surface area (Å²) >= 11 is 0. The fourth-order valence-corrected chi connectivity index (χ4v) is 3.47. The van der Waals surface area contributed by atoms with Crippen molar-refractivity contribution < 1.29 is 13.2 Å². The van der Waals surface area contributed by atoms with Crippen LogP contribution in [0, 0.1) is 23.2 Å². The van der Waals surface area contributed by atoms with Crippen LogP contribution in [0.1, 0.15) is 32.6 Å². The van der Waals surface area contributed by atoms with Crippen LogP contribution in [-0.2, 0) is 9.84 Å². The highest BCUT2D eigenvalue weighted by molar-refractivity contribution is 7.90. The molecule has 0 heterocycles. The Morgan fingerprint density at radius 3 is 2.76 bits per heavy atom. The zero-order chi connectivity index (χ0) is 15.5. The SMILES string of the molecule is CCC1CCC(C#N)C(Oc2cccc(S(C)(=O)=O)c2)C1. The quantitative estimate of drug-likeness (QED) is 0.856. The first kappa shape index (κ1) is 15.8. The van der Waals surface area contributed by atoms with Gasteiger partial charge in [-0.25, -0.2) is 8.42 Å². The average molecular weight is 307 g/mol. The third kappa shape index (κ3) is 3.98. The third-order valence-corrected chi connectivity index (χ3v) is 5.27. The second-order valence-corrected chi connectivity index (χ2v) is 7.74. The van der Waals surface area contributed by atoms with Gasteiger partial charge in [-0.05, 0) is 43.4 Å². The van der Waals surface area contributed by atoms with Crippen molar-refractivity contribution in [3.8, 4) is 11.8 Å². The summed E-state index contributed by atoms with van der Waals surface area (Å²) in [7, 11) is -3.25. The zero-order valence-corrected chi connectivity index (χ0v) is 13.3. The molecule has 0 aromatic heterocycles. The van der Waals surface area contributed by atoms with E-state index >= 15 is 0 Å². The van der Waals surface area contributed by atoms with Gasteiger partial charge in [0.2, 0.25) is 0 Å². The molecule has 3 unspecified atom stereocenters. The van der Waals surface area contributed by atoms with Crippen molar-refractivity contribution in [2.45, 2.75) is 43.6 Å². The van der Waals surface area contributed by atoms with Gasteiger partial charge in [0.25, 0.3) is 0 Å². The van der Waals surface area contributed by atoms with Gasteiger partial charge >= 0.3 is 0 Å². The number of hydrogen-bond acceptors (Lipinski definition) is 4. The Kier molecular flexibility index (Phi) is 4.89. The summed E-state index contributed by atoms with van der Waals surface area (Å²) in [6.07, 6.45) is 4.89. The third-order valence-electron chi connectivity index (χ3n) is 4.16. The molecule has 3 atom stereocenters. The van der Waals surface area contributed by atoms with Crippen LogP contribution >= 0.6 is 0 Å². The first-order chi connectivity index (χ1) is 9.94. The fraction of sp³-hybridized carbons (Fsp3) is 0.562. The van der Waals surface area contributed by atoms with Gasteiger partial charge in [0.1, 0.15) is 11.9 Å². The molecule has 0 aliphatic heterocycles. The lowest BCUT2D eigenvalue weighted by molar-refractivity contribution is 0.0890. The van der Waals surface area contributed by atoms with Crippen LogP contribution in [0.4, 0.5) is 0 Å². The highest BCUT2D eigenvalue weighted by Gasteiger charge is 2.31. The number of sulfone groups is 1. The summed E-state index contributed by atoms with van der Waals surface area (Å²) in [6, 6.07) is 8.84. The molecule has 1 aliphatic rings. The van der Waals surface area contributed by atoms with E-state index in [4.69, 9.17) is 4.74 Å². The van der Waals surface area contributed by atoms with Crippen LogP contribution < -0.4 is 4.74 Å². The van der Waals surface area contributed by atoms with Crippen LogP contribution in [0.2, 0.25) is 0 Å². The molecule has 1 fully saturated rings. The van der Waals surface area contributed by atoms with Crippen molar-refractivity contribution in [1.82, 2.24) is 0 Å². The van der Waals surface area contributed by atoms with Crippen LogP contribution in [0.15, 0.2) is 29.2 Å². The minimum Gasteiger partial charge on any atom is -0.489 e. The molecule has 0 N–H and O–H groups in total. The van der Waals surface area contributed by atoms with Crippen molar-refractivity contribution in [3.05, 3.63) is 24.3 Å².